The fourth-order valence-electron chi connectivity index (χ4n) is 1.75. The highest BCUT2D eigenvalue weighted by Gasteiger charge is 2.08. The fraction of sp³-hybridized carbons (Fsp3) is 0.0667. The number of para-hydroxylation sites is 1. The van der Waals surface area contributed by atoms with Crippen molar-refractivity contribution >= 4 is 35.0 Å². The van der Waals surface area contributed by atoms with Gasteiger partial charge in [-0.15, -0.1) is 0 Å². The van der Waals surface area contributed by atoms with Crippen LogP contribution in [0.1, 0.15) is 5.56 Å². The zero-order valence-electron chi connectivity index (χ0n) is 11.0. The second-order valence-electron chi connectivity index (χ2n) is 4.33. The SMILES string of the molecule is O=C(O)Cc1ccc(NC(=O)Nc2ccccc2)c(Cl)c1. The minimum absolute atomic E-state index is 0.115. The molecule has 0 bridgehead atoms. The number of amides is 2. The van der Waals surface area contributed by atoms with E-state index in [0.29, 0.717) is 16.9 Å². The first-order chi connectivity index (χ1) is 10.0. The molecule has 0 saturated carbocycles. The van der Waals surface area contributed by atoms with Crippen molar-refractivity contribution in [2.75, 3.05) is 10.6 Å². The van der Waals surface area contributed by atoms with E-state index in [-0.39, 0.29) is 11.4 Å². The number of urea groups is 1. The van der Waals surface area contributed by atoms with Crippen molar-refractivity contribution < 1.29 is 14.7 Å². The molecule has 21 heavy (non-hydrogen) atoms. The molecule has 2 aromatic carbocycles. The molecule has 0 saturated heterocycles. The maximum absolute atomic E-state index is 11.8. The first-order valence-electron chi connectivity index (χ1n) is 6.18. The first-order valence-corrected chi connectivity index (χ1v) is 6.55. The summed E-state index contributed by atoms with van der Waals surface area (Å²) >= 11 is 6.02. The van der Waals surface area contributed by atoms with Gasteiger partial charge in [-0.2, -0.15) is 0 Å². The predicted octanol–water partition coefficient (Wildman–Crippen LogP) is 3.61. The second kappa shape index (κ2) is 6.76. The molecule has 0 aliphatic carbocycles. The Bertz CT molecular complexity index is 659. The largest absolute Gasteiger partial charge is 0.481 e. The molecule has 0 aromatic heterocycles. The van der Waals surface area contributed by atoms with Crippen molar-refractivity contribution in [2.45, 2.75) is 6.42 Å². The number of rotatable bonds is 4. The van der Waals surface area contributed by atoms with Crippen LogP contribution in [0.5, 0.6) is 0 Å². The summed E-state index contributed by atoms with van der Waals surface area (Å²) in [5.74, 6) is -0.936. The predicted molar refractivity (Wildman–Crippen MR) is 81.9 cm³/mol. The van der Waals surface area contributed by atoms with Gasteiger partial charge < -0.3 is 15.7 Å². The van der Waals surface area contributed by atoms with Crippen LogP contribution in [0.25, 0.3) is 0 Å². The molecule has 2 rings (SSSR count). The minimum Gasteiger partial charge on any atom is -0.481 e. The van der Waals surface area contributed by atoms with Crippen molar-refractivity contribution in [3.8, 4) is 0 Å². The Labute approximate surface area is 126 Å². The zero-order valence-corrected chi connectivity index (χ0v) is 11.7. The summed E-state index contributed by atoms with van der Waals surface area (Å²) in [6.07, 6.45) is -0.115. The lowest BCUT2D eigenvalue weighted by Crippen LogP contribution is -2.19. The average Bonchev–Trinajstić information content (AvgIpc) is 2.42. The number of nitrogens with one attached hydrogen (secondary N) is 2. The van der Waals surface area contributed by atoms with Gasteiger partial charge >= 0.3 is 12.0 Å². The summed E-state index contributed by atoms with van der Waals surface area (Å²) in [6, 6.07) is 13.3. The van der Waals surface area contributed by atoms with Gasteiger partial charge in [-0.05, 0) is 29.8 Å². The molecule has 0 radical (unpaired) electrons. The topological polar surface area (TPSA) is 78.4 Å². The Morgan fingerprint density at radius 1 is 1.05 bits per heavy atom. The third kappa shape index (κ3) is 4.50. The number of halogens is 1. The lowest BCUT2D eigenvalue weighted by Gasteiger charge is -2.10. The van der Waals surface area contributed by atoms with Crippen LogP contribution in [-0.4, -0.2) is 17.1 Å². The molecule has 6 heteroatoms. The molecule has 2 amide bonds. The Morgan fingerprint density at radius 2 is 1.76 bits per heavy atom. The molecule has 0 aliphatic heterocycles. The molecule has 0 fully saturated rings. The maximum atomic E-state index is 11.8. The molecular formula is C15H13ClN2O3. The highest BCUT2D eigenvalue weighted by Crippen LogP contribution is 2.23. The van der Waals surface area contributed by atoms with Crippen LogP contribution >= 0.6 is 11.6 Å². The summed E-state index contributed by atoms with van der Waals surface area (Å²) in [5.41, 5.74) is 1.65. The van der Waals surface area contributed by atoms with Crippen molar-refractivity contribution in [2.24, 2.45) is 0 Å². The summed E-state index contributed by atoms with van der Waals surface area (Å²) < 4.78 is 0. The monoisotopic (exact) mass is 304 g/mol. The van der Waals surface area contributed by atoms with E-state index in [2.05, 4.69) is 10.6 Å². The Balaban J connectivity index is 2.02. The highest BCUT2D eigenvalue weighted by atomic mass is 35.5. The van der Waals surface area contributed by atoms with Crippen molar-refractivity contribution in [1.82, 2.24) is 0 Å². The van der Waals surface area contributed by atoms with Gasteiger partial charge in [0.05, 0.1) is 17.1 Å². The van der Waals surface area contributed by atoms with Gasteiger partial charge in [-0.3, -0.25) is 4.79 Å². The van der Waals surface area contributed by atoms with E-state index < -0.39 is 12.0 Å². The van der Waals surface area contributed by atoms with Crippen LogP contribution in [0, 0.1) is 0 Å². The van der Waals surface area contributed by atoms with Crippen LogP contribution in [0.3, 0.4) is 0 Å². The Morgan fingerprint density at radius 3 is 2.38 bits per heavy atom. The molecule has 108 valence electrons. The lowest BCUT2D eigenvalue weighted by molar-refractivity contribution is -0.136. The second-order valence-corrected chi connectivity index (χ2v) is 4.74. The third-order valence-corrected chi connectivity index (χ3v) is 2.98. The standard InChI is InChI=1S/C15H13ClN2O3/c16-12-8-10(9-14(19)20)6-7-13(12)18-15(21)17-11-4-2-1-3-5-11/h1-8H,9H2,(H,19,20)(H2,17,18,21). The van der Waals surface area contributed by atoms with Gasteiger partial charge in [-0.1, -0.05) is 35.9 Å². The van der Waals surface area contributed by atoms with Gasteiger partial charge in [0.2, 0.25) is 0 Å². The number of anilines is 2. The van der Waals surface area contributed by atoms with E-state index in [1.807, 2.05) is 18.2 Å². The first kappa shape index (κ1) is 14.9. The smallest absolute Gasteiger partial charge is 0.323 e. The molecular weight excluding hydrogens is 292 g/mol. The number of hydrogen-bond acceptors (Lipinski definition) is 2. The zero-order chi connectivity index (χ0) is 15.2. The Hall–Kier alpha value is -2.53. The number of hydrogen-bond donors (Lipinski definition) is 3. The van der Waals surface area contributed by atoms with E-state index in [0.717, 1.165) is 0 Å². The normalized spacial score (nSPS) is 9.95. The molecule has 0 aliphatic rings. The number of carboxylic acids is 1. The van der Waals surface area contributed by atoms with Crippen LogP contribution in [0.15, 0.2) is 48.5 Å². The number of benzene rings is 2. The minimum atomic E-state index is -0.936. The molecule has 2 aromatic rings. The van der Waals surface area contributed by atoms with E-state index >= 15 is 0 Å². The number of carbonyl (C=O) groups excluding carboxylic acids is 1. The van der Waals surface area contributed by atoms with Crippen LogP contribution in [0.2, 0.25) is 5.02 Å². The van der Waals surface area contributed by atoms with Crippen molar-refractivity contribution in [1.29, 1.82) is 0 Å². The summed E-state index contributed by atoms with van der Waals surface area (Å²) in [6.45, 7) is 0. The van der Waals surface area contributed by atoms with Crippen LogP contribution in [-0.2, 0) is 11.2 Å². The van der Waals surface area contributed by atoms with Gasteiger partial charge in [0.1, 0.15) is 0 Å². The molecule has 0 spiro atoms. The van der Waals surface area contributed by atoms with Gasteiger partial charge in [0.25, 0.3) is 0 Å². The van der Waals surface area contributed by atoms with Gasteiger partial charge in [0, 0.05) is 5.69 Å². The van der Waals surface area contributed by atoms with E-state index in [1.54, 1.807) is 24.3 Å². The molecule has 0 heterocycles. The van der Waals surface area contributed by atoms with Crippen molar-refractivity contribution in [3.05, 3.63) is 59.1 Å². The van der Waals surface area contributed by atoms with E-state index in [1.165, 1.54) is 6.07 Å². The van der Waals surface area contributed by atoms with Gasteiger partial charge in [0.15, 0.2) is 0 Å². The number of carboxylic acid groups (broad SMARTS) is 1. The maximum Gasteiger partial charge on any atom is 0.323 e. The Kier molecular flexibility index (Phi) is 4.79. The number of carbonyl (C=O) groups is 2. The summed E-state index contributed by atoms with van der Waals surface area (Å²) in [4.78, 5) is 22.4. The van der Waals surface area contributed by atoms with E-state index in [4.69, 9.17) is 16.7 Å². The average molecular weight is 305 g/mol. The molecule has 0 atom stereocenters. The van der Waals surface area contributed by atoms with Crippen LogP contribution < -0.4 is 10.6 Å². The molecule has 5 nitrogen and oxygen atoms in total. The number of aliphatic carboxylic acids is 1. The van der Waals surface area contributed by atoms with Gasteiger partial charge in [-0.25, -0.2) is 4.79 Å². The summed E-state index contributed by atoms with van der Waals surface area (Å²) in [7, 11) is 0. The molecule has 0 unspecified atom stereocenters. The third-order valence-electron chi connectivity index (χ3n) is 2.67. The molecule has 3 N–H and O–H groups in total. The van der Waals surface area contributed by atoms with Crippen LogP contribution in [0.4, 0.5) is 16.2 Å². The van der Waals surface area contributed by atoms with E-state index in [9.17, 15) is 9.59 Å². The lowest BCUT2D eigenvalue weighted by atomic mass is 10.1. The summed E-state index contributed by atoms with van der Waals surface area (Å²) in [5, 5.41) is 14.3. The fourth-order valence-corrected chi connectivity index (χ4v) is 2.00. The van der Waals surface area contributed by atoms with Crippen molar-refractivity contribution in [3.63, 3.8) is 0 Å². The quantitative estimate of drug-likeness (QED) is 0.807. The highest BCUT2D eigenvalue weighted by molar-refractivity contribution is 6.33.